The van der Waals surface area contributed by atoms with Gasteiger partial charge < -0.3 is 15.0 Å². The van der Waals surface area contributed by atoms with E-state index < -0.39 is 5.82 Å². The van der Waals surface area contributed by atoms with E-state index in [1.165, 1.54) is 6.07 Å². The van der Waals surface area contributed by atoms with Gasteiger partial charge in [-0.05, 0) is 42.3 Å². The molecule has 1 aliphatic rings. The zero-order valence-corrected chi connectivity index (χ0v) is 15.1. The third-order valence-electron chi connectivity index (χ3n) is 4.38. The molecule has 25 heavy (non-hydrogen) atoms. The lowest BCUT2D eigenvalue weighted by molar-refractivity contribution is 0.0651. The fourth-order valence-electron chi connectivity index (χ4n) is 2.95. The maximum Gasteiger partial charge on any atom is 0.257 e. The molecule has 1 aliphatic heterocycles. The topological polar surface area (TPSA) is 41.6 Å². The lowest BCUT2D eigenvalue weighted by atomic mass is 10.0. The van der Waals surface area contributed by atoms with Crippen LogP contribution in [0, 0.1) is 5.82 Å². The summed E-state index contributed by atoms with van der Waals surface area (Å²) in [5.74, 6) is 0.0144. The van der Waals surface area contributed by atoms with Crippen LogP contribution in [0.4, 0.5) is 4.39 Å². The van der Waals surface area contributed by atoms with Crippen molar-refractivity contribution in [3.8, 4) is 16.9 Å². The van der Waals surface area contributed by atoms with Crippen LogP contribution in [0.3, 0.4) is 0 Å². The summed E-state index contributed by atoms with van der Waals surface area (Å²) in [5.41, 5.74) is 1.74. The molecule has 0 radical (unpaired) electrons. The second-order valence-corrected chi connectivity index (χ2v) is 5.97. The first-order chi connectivity index (χ1) is 11.6. The average Bonchev–Trinajstić information content (AvgIpc) is 2.61. The molecule has 3 rings (SSSR count). The predicted molar refractivity (Wildman–Crippen MR) is 99.0 cm³/mol. The van der Waals surface area contributed by atoms with Crippen molar-refractivity contribution in [1.29, 1.82) is 0 Å². The average molecular weight is 365 g/mol. The number of halogens is 2. The van der Waals surface area contributed by atoms with Gasteiger partial charge in [-0.3, -0.25) is 4.79 Å². The molecule has 1 heterocycles. The Morgan fingerprint density at radius 1 is 1.20 bits per heavy atom. The summed E-state index contributed by atoms with van der Waals surface area (Å²) in [6.07, 6.45) is 0. The van der Waals surface area contributed by atoms with Crippen molar-refractivity contribution in [2.75, 3.05) is 26.7 Å². The highest BCUT2D eigenvalue weighted by Gasteiger charge is 2.26. The van der Waals surface area contributed by atoms with Crippen molar-refractivity contribution in [3.63, 3.8) is 0 Å². The fourth-order valence-corrected chi connectivity index (χ4v) is 2.95. The van der Waals surface area contributed by atoms with Gasteiger partial charge in [-0.2, -0.15) is 0 Å². The van der Waals surface area contributed by atoms with Crippen molar-refractivity contribution in [1.82, 2.24) is 10.2 Å². The molecule has 6 heteroatoms. The summed E-state index contributed by atoms with van der Waals surface area (Å²) in [5, 5.41) is 3.23. The number of carbonyl (C=O) groups excluding carboxylic acids is 1. The second-order valence-electron chi connectivity index (χ2n) is 5.97. The SMILES string of the molecule is COc1ccc(-c2ccc(C(=O)N3CCNC[C@@H]3C)c(F)c2)cc1.Cl. The number of amides is 1. The number of methoxy groups -OCH3 is 1. The molecule has 0 bridgehead atoms. The third-order valence-corrected chi connectivity index (χ3v) is 4.38. The Morgan fingerprint density at radius 2 is 1.88 bits per heavy atom. The molecular formula is C19H22ClFN2O2. The number of ether oxygens (including phenoxy) is 1. The summed E-state index contributed by atoms with van der Waals surface area (Å²) in [6, 6.07) is 12.2. The van der Waals surface area contributed by atoms with Crippen LogP contribution in [0.1, 0.15) is 17.3 Å². The lowest BCUT2D eigenvalue weighted by Crippen LogP contribution is -2.52. The monoisotopic (exact) mass is 364 g/mol. The molecule has 1 atom stereocenters. The second kappa shape index (κ2) is 8.32. The van der Waals surface area contributed by atoms with Crippen LogP contribution in [-0.2, 0) is 0 Å². The van der Waals surface area contributed by atoms with E-state index in [0.29, 0.717) is 6.54 Å². The maximum absolute atomic E-state index is 14.5. The quantitative estimate of drug-likeness (QED) is 0.908. The molecule has 1 N–H and O–H groups in total. The van der Waals surface area contributed by atoms with Gasteiger partial charge in [0.2, 0.25) is 0 Å². The van der Waals surface area contributed by atoms with Crippen molar-refractivity contribution in [3.05, 3.63) is 53.8 Å². The minimum Gasteiger partial charge on any atom is -0.497 e. The van der Waals surface area contributed by atoms with E-state index >= 15 is 0 Å². The van der Waals surface area contributed by atoms with Gasteiger partial charge in [0.1, 0.15) is 11.6 Å². The van der Waals surface area contributed by atoms with Crippen molar-refractivity contribution in [2.24, 2.45) is 0 Å². The summed E-state index contributed by atoms with van der Waals surface area (Å²) in [4.78, 5) is 14.3. The highest BCUT2D eigenvalue weighted by atomic mass is 35.5. The number of hydrogen-bond donors (Lipinski definition) is 1. The summed E-state index contributed by atoms with van der Waals surface area (Å²) in [7, 11) is 1.60. The fraction of sp³-hybridized carbons (Fsp3) is 0.316. The summed E-state index contributed by atoms with van der Waals surface area (Å²) >= 11 is 0. The first-order valence-corrected chi connectivity index (χ1v) is 8.06. The van der Waals surface area contributed by atoms with Gasteiger partial charge in [-0.1, -0.05) is 18.2 Å². The maximum atomic E-state index is 14.5. The Labute approximate surface area is 153 Å². The number of nitrogens with zero attached hydrogens (tertiary/aromatic N) is 1. The van der Waals surface area contributed by atoms with Gasteiger partial charge in [-0.15, -0.1) is 12.4 Å². The predicted octanol–water partition coefficient (Wildman–Crippen LogP) is 3.36. The lowest BCUT2D eigenvalue weighted by Gasteiger charge is -2.34. The van der Waals surface area contributed by atoms with E-state index in [4.69, 9.17) is 4.74 Å². The molecule has 1 saturated heterocycles. The van der Waals surface area contributed by atoms with Crippen LogP contribution < -0.4 is 10.1 Å². The largest absolute Gasteiger partial charge is 0.497 e. The molecule has 0 aliphatic carbocycles. The zero-order chi connectivity index (χ0) is 17.1. The molecule has 0 saturated carbocycles. The highest BCUT2D eigenvalue weighted by molar-refractivity contribution is 5.95. The van der Waals surface area contributed by atoms with E-state index in [2.05, 4.69) is 5.32 Å². The van der Waals surface area contributed by atoms with Gasteiger partial charge in [0, 0.05) is 25.7 Å². The molecule has 1 amide bonds. The zero-order valence-electron chi connectivity index (χ0n) is 14.3. The van der Waals surface area contributed by atoms with Crippen LogP contribution in [0.5, 0.6) is 5.75 Å². The molecule has 2 aromatic carbocycles. The molecule has 4 nitrogen and oxygen atoms in total. The molecule has 2 aromatic rings. The standard InChI is InChI=1S/C19H21FN2O2.ClH/c1-13-12-21-9-10-22(13)19(23)17-8-5-15(11-18(17)20)14-3-6-16(24-2)7-4-14;/h3-8,11,13,21H,9-10,12H2,1-2H3;1H/t13-;/m0./s1. The van der Waals surface area contributed by atoms with Crippen molar-refractivity contribution < 1.29 is 13.9 Å². The first-order valence-electron chi connectivity index (χ1n) is 8.06. The van der Waals surface area contributed by atoms with Crippen molar-refractivity contribution >= 4 is 18.3 Å². The van der Waals surface area contributed by atoms with E-state index in [1.54, 1.807) is 24.1 Å². The van der Waals surface area contributed by atoms with Gasteiger partial charge in [0.25, 0.3) is 5.91 Å². The van der Waals surface area contributed by atoms with E-state index in [0.717, 1.165) is 30.0 Å². The number of carbonyl (C=O) groups is 1. The Bertz CT molecular complexity index is 737. The molecule has 0 aromatic heterocycles. The first kappa shape index (κ1) is 19.2. The van der Waals surface area contributed by atoms with E-state index in [9.17, 15) is 9.18 Å². The Morgan fingerprint density at radius 3 is 2.48 bits per heavy atom. The van der Waals surface area contributed by atoms with E-state index in [1.807, 2.05) is 31.2 Å². The molecule has 134 valence electrons. The minimum atomic E-state index is -0.487. The highest BCUT2D eigenvalue weighted by Crippen LogP contribution is 2.25. The van der Waals surface area contributed by atoms with Crippen LogP contribution >= 0.6 is 12.4 Å². The number of benzene rings is 2. The van der Waals surface area contributed by atoms with Crippen LogP contribution in [0.2, 0.25) is 0 Å². The van der Waals surface area contributed by atoms with Gasteiger partial charge in [-0.25, -0.2) is 4.39 Å². The van der Waals surface area contributed by atoms with Crippen LogP contribution in [0.25, 0.3) is 11.1 Å². The molecule has 0 unspecified atom stereocenters. The third kappa shape index (κ3) is 4.11. The van der Waals surface area contributed by atoms with E-state index in [-0.39, 0.29) is 29.9 Å². The Kier molecular flexibility index (Phi) is 6.39. The van der Waals surface area contributed by atoms with Gasteiger partial charge in [0.05, 0.1) is 12.7 Å². The number of hydrogen-bond acceptors (Lipinski definition) is 3. The summed E-state index contributed by atoms with van der Waals surface area (Å²) < 4.78 is 19.7. The van der Waals surface area contributed by atoms with Crippen LogP contribution in [0.15, 0.2) is 42.5 Å². The van der Waals surface area contributed by atoms with Gasteiger partial charge in [0.15, 0.2) is 0 Å². The van der Waals surface area contributed by atoms with Crippen molar-refractivity contribution in [2.45, 2.75) is 13.0 Å². The normalized spacial score (nSPS) is 16.9. The molecule has 1 fully saturated rings. The van der Waals surface area contributed by atoms with Crippen LogP contribution in [-0.4, -0.2) is 43.6 Å². The number of rotatable bonds is 3. The Hall–Kier alpha value is -2.11. The molecular weight excluding hydrogens is 343 g/mol. The Balaban J connectivity index is 0.00000225. The summed E-state index contributed by atoms with van der Waals surface area (Å²) in [6.45, 7) is 4.03. The number of nitrogens with one attached hydrogen (secondary N) is 1. The van der Waals surface area contributed by atoms with Gasteiger partial charge >= 0.3 is 0 Å². The number of piperazine rings is 1. The smallest absolute Gasteiger partial charge is 0.257 e. The molecule has 0 spiro atoms. The minimum absolute atomic E-state index is 0.